The van der Waals surface area contributed by atoms with Gasteiger partial charge in [-0.1, -0.05) is 134 Å². The Morgan fingerprint density at radius 1 is 0.492 bits per heavy atom. The molecule has 1 aliphatic heterocycles. The van der Waals surface area contributed by atoms with Crippen LogP contribution in [0.4, 0.5) is 0 Å². The molecule has 1 fully saturated rings. The number of carbonyl (C=O) groups excluding carboxylic acids is 5. The van der Waals surface area contributed by atoms with Gasteiger partial charge < -0.3 is 33.2 Å². The van der Waals surface area contributed by atoms with Gasteiger partial charge in [-0.15, -0.1) is 0 Å². The van der Waals surface area contributed by atoms with Crippen molar-refractivity contribution in [2.45, 2.75) is 220 Å². The number of rotatable bonds is 39. The third-order valence-electron chi connectivity index (χ3n) is 11.2. The van der Waals surface area contributed by atoms with E-state index in [1.54, 1.807) is 6.92 Å². The van der Waals surface area contributed by atoms with Crippen LogP contribution in [0.5, 0.6) is 0 Å². The first-order valence-electron chi connectivity index (χ1n) is 25.1. The Labute approximate surface area is 393 Å². The van der Waals surface area contributed by atoms with Crippen LogP contribution in [-0.2, 0) is 57.1 Å². The highest BCUT2D eigenvalue weighted by Crippen LogP contribution is 2.32. The van der Waals surface area contributed by atoms with Crippen molar-refractivity contribution in [2.24, 2.45) is 11.8 Å². The molecule has 0 radical (unpaired) electrons. The molecule has 1 heterocycles. The molecule has 0 aliphatic carbocycles. The highest BCUT2D eigenvalue weighted by Gasteiger charge is 2.49. The quantitative estimate of drug-likeness (QED) is 0.0250. The summed E-state index contributed by atoms with van der Waals surface area (Å²) in [7, 11) is 0. The van der Waals surface area contributed by atoms with E-state index in [1.165, 1.54) is 59.3 Å². The van der Waals surface area contributed by atoms with E-state index in [1.807, 2.05) is 0 Å². The van der Waals surface area contributed by atoms with Gasteiger partial charge in [-0.2, -0.15) is 0 Å². The lowest BCUT2D eigenvalue weighted by atomic mass is 9.90. The number of ether oxygens (including phenoxy) is 7. The first-order valence-corrected chi connectivity index (χ1v) is 25.1. The van der Waals surface area contributed by atoms with Gasteiger partial charge in [-0.25, -0.2) is 0 Å². The van der Waals surface area contributed by atoms with Crippen molar-refractivity contribution in [3.05, 3.63) is 48.6 Å². The summed E-state index contributed by atoms with van der Waals surface area (Å²) in [6.07, 6.45) is 38.2. The SMILES string of the molecule is CCCCC/C=C\C/C=C\CCCCCCCC(=O)OCC(COC(=O)CCCCCCC/C=C\C/C=C\CCCCC)CO[C@@H]1O[C@H](COC(C)=O)[C@@H](C)[C@H](OC(C)=O)[C@H]1OC(C)=O. The fraction of sp³-hybridized carbons (Fsp3) is 0.755. The summed E-state index contributed by atoms with van der Waals surface area (Å²) in [5, 5.41) is 0. The van der Waals surface area contributed by atoms with E-state index in [0.29, 0.717) is 12.8 Å². The van der Waals surface area contributed by atoms with Crippen molar-refractivity contribution in [1.82, 2.24) is 0 Å². The van der Waals surface area contributed by atoms with Gasteiger partial charge in [0.2, 0.25) is 0 Å². The average Bonchev–Trinajstić information content (AvgIpc) is 3.27. The minimum atomic E-state index is -1.24. The number of hydrogen-bond donors (Lipinski definition) is 0. The predicted molar refractivity (Wildman–Crippen MR) is 256 cm³/mol. The molecule has 0 unspecified atom stereocenters. The first-order chi connectivity index (χ1) is 31.5. The van der Waals surface area contributed by atoms with E-state index >= 15 is 0 Å². The van der Waals surface area contributed by atoms with Crippen molar-refractivity contribution in [3.63, 3.8) is 0 Å². The monoisotopic (exact) mass is 917 g/mol. The zero-order valence-corrected chi connectivity index (χ0v) is 41.3. The molecule has 0 aromatic heterocycles. The maximum Gasteiger partial charge on any atom is 0.305 e. The van der Waals surface area contributed by atoms with E-state index in [0.717, 1.165) is 89.9 Å². The van der Waals surface area contributed by atoms with Crippen LogP contribution in [0.15, 0.2) is 48.6 Å². The second-order valence-electron chi connectivity index (χ2n) is 17.4. The van der Waals surface area contributed by atoms with Crippen LogP contribution < -0.4 is 0 Å². The minimum Gasteiger partial charge on any atom is -0.465 e. The van der Waals surface area contributed by atoms with Crippen molar-refractivity contribution in [2.75, 3.05) is 26.4 Å². The van der Waals surface area contributed by atoms with E-state index in [4.69, 9.17) is 33.2 Å². The summed E-state index contributed by atoms with van der Waals surface area (Å²) >= 11 is 0. The van der Waals surface area contributed by atoms with E-state index in [9.17, 15) is 24.0 Å². The van der Waals surface area contributed by atoms with Crippen molar-refractivity contribution >= 4 is 29.8 Å². The summed E-state index contributed by atoms with van der Waals surface area (Å²) < 4.78 is 40.0. The number of carbonyl (C=O) groups is 5. The van der Waals surface area contributed by atoms with Crippen LogP contribution in [0.2, 0.25) is 0 Å². The van der Waals surface area contributed by atoms with Gasteiger partial charge in [0.05, 0.1) is 25.7 Å². The van der Waals surface area contributed by atoms with Gasteiger partial charge in [0, 0.05) is 39.5 Å². The topological polar surface area (TPSA) is 150 Å². The first kappa shape index (κ1) is 59.2. The highest BCUT2D eigenvalue weighted by atomic mass is 16.7. The standard InChI is InChI=1S/C53H88O12/c1-7-9-11-13-15-17-19-21-23-25-27-29-31-33-35-37-49(57)60-39-47(40-61-50(58)38-36-34-32-30-28-26-24-22-20-18-16-14-12-10-8-2)41-62-53-52(64-46(6)56)51(63-45(5)55)43(3)48(65-53)42-59-44(4)54/h15-18,21-24,43,47-48,51-53H,7-14,19-20,25-42H2,1-6H3/b17-15-,18-16-,23-21-,24-22-/t43-,48-,51+,52-,53-/m1/s1. The lowest BCUT2D eigenvalue weighted by Crippen LogP contribution is -2.58. The molecule has 12 heteroatoms. The maximum absolute atomic E-state index is 12.9. The molecule has 0 bridgehead atoms. The van der Waals surface area contributed by atoms with Crippen molar-refractivity contribution in [3.8, 4) is 0 Å². The third kappa shape index (κ3) is 33.4. The molecule has 372 valence electrons. The number of allylic oxidation sites excluding steroid dienone is 8. The lowest BCUT2D eigenvalue weighted by Gasteiger charge is -2.44. The summed E-state index contributed by atoms with van der Waals surface area (Å²) in [5.74, 6) is -3.59. The van der Waals surface area contributed by atoms with Gasteiger partial charge in [-0.05, 0) is 77.0 Å². The second kappa shape index (κ2) is 40.5. The van der Waals surface area contributed by atoms with Gasteiger partial charge in [0.25, 0.3) is 0 Å². The molecular weight excluding hydrogens is 829 g/mol. The lowest BCUT2D eigenvalue weighted by molar-refractivity contribution is -0.297. The van der Waals surface area contributed by atoms with Crippen molar-refractivity contribution in [1.29, 1.82) is 0 Å². The van der Waals surface area contributed by atoms with E-state index in [2.05, 4.69) is 62.5 Å². The van der Waals surface area contributed by atoms with Gasteiger partial charge in [0.1, 0.15) is 18.8 Å². The zero-order valence-electron chi connectivity index (χ0n) is 41.3. The van der Waals surface area contributed by atoms with Crippen LogP contribution >= 0.6 is 0 Å². The Morgan fingerprint density at radius 3 is 1.34 bits per heavy atom. The molecule has 0 N–H and O–H groups in total. The number of unbranched alkanes of at least 4 members (excludes halogenated alkanes) is 16. The fourth-order valence-electron chi connectivity index (χ4n) is 7.35. The number of esters is 5. The summed E-state index contributed by atoms with van der Waals surface area (Å²) in [4.78, 5) is 61.7. The molecule has 0 spiro atoms. The molecule has 1 aliphatic rings. The molecule has 0 saturated carbocycles. The third-order valence-corrected chi connectivity index (χ3v) is 11.2. The zero-order chi connectivity index (χ0) is 47.8. The largest absolute Gasteiger partial charge is 0.465 e. The molecule has 1 rings (SSSR count). The van der Waals surface area contributed by atoms with Crippen molar-refractivity contribution < 1.29 is 57.1 Å². The Kier molecular flexibility index (Phi) is 36.9. The Hall–Kier alpha value is -3.77. The number of hydrogen-bond acceptors (Lipinski definition) is 12. The Bertz CT molecular complexity index is 1320. The summed E-state index contributed by atoms with van der Waals surface area (Å²) in [6, 6.07) is 0. The molecule has 0 amide bonds. The molecule has 1 saturated heterocycles. The van der Waals surface area contributed by atoms with Crippen LogP contribution in [0.1, 0.15) is 196 Å². The van der Waals surface area contributed by atoms with Gasteiger partial charge in [-0.3, -0.25) is 24.0 Å². The van der Waals surface area contributed by atoms with Gasteiger partial charge in [0.15, 0.2) is 12.4 Å². The van der Waals surface area contributed by atoms with Crippen LogP contribution in [-0.4, -0.2) is 80.9 Å². The predicted octanol–water partition coefficient (Wildman–Crippen LogP) is 12.1. The minimum absolute atomic E-state index is 0.0817. The Morgan fingerprint density at radius 2 is 0.908 bits per heavy atom. The molecule has 5 atom stereocenters. The highest BCUT2D eigenvalue weighted by molar-refractivity contribution is 5.70. The smallest absolute Gasteiger partial charge is 0.305 e. The Balaban J connectivity index is 2.71. The van der Waals surface area contributed by atoms with E-state index in [-0.39, 0.29) is 51.2 Å². The van der Waals surface area contributed by atoms with Gasteiger partial charge >= 0.3 is 29.8 Å². The summed E-state index contributed by atoms with van der Waals surface area (Å²) in [6.45, 7) is 9.48. The van der Waals surface area contributed by atoms with E-state index < -0.39 is 54.3 Å². The molecule has 0 aromatic carbocycles. The average molecular weight is 917 g/mol. The van der Waals surface area contributed by atoms with Crippen LogP contribution in [0, 0.1) is 11.8 Å². The molecule has 0 aromatic rings. The molecule has 65 heavy (non-hydrogen) atoms. The second-order valence-corrected chi connectivity index (χ2v) is 17.4. The summed E-state index contributed by atoms with van der Waals surface area (Å²) in [5.41, 5.74) is 0. The van der Waals surface area contributed by atoms with Crippen LogP contribution in [0.3, 0.4) is 0 Å². The molecular formula is C53H88O12. The fourth-order valence-corrected chi connectivity index (χ4v) is 7.35. The maximum atomic E-state index is 12.9. The molecule has 12 nitrogen and oxygen atoms in total. The normalized spacial score (nSPS) is 18.8. The van der Waals surface area contributed by atoms with Crippen LogP contribution in [0.25, 0.3) is 0 Å².